The van der Waals surface area contributed by atoms with Crippen LogP contribution in [-0.2, 0) is 16.1 Å². The predicted molar refractivity (Wildman–Crippen MR) is 132 cm³/mol. The van der Waals surface area contributed by atoms with Gasteiger partial charge in [-0.05, 0) is 38.2 Å². The lowest BCUT2D eigenvalue weighted by Crippen LogP contribution is -2.53. The molecule has 2 aromatic rings. The van der Waals surface area contributed by atoms with Crippen LogP contribution in [-0.4, -0.2) is 91.2 Å². The first-order chi connectivity index (χ1) is 17.5. The van der Waals surface area contributed by atoms with E-state index in [1.165, 1.54) is 16.7 Å². The molecular weight excluding hydrogens is 493 g/mol. The number of amides is 1. The maximum absolute atomic E-state index is 14.1. The molecule has 1 saturated heterocycles. The number of likely N-dealkylation sites (N-methyl/N-ethyl adjacent to an activating group) is 1. The molecule has 0 aliphatic carbocycles. The molecule has 10 nitrogen and oxygen atoms in total. The van der Waals surface area contributed by atoms with Gasteiger partial charge in [-0.2, -0.15) is 18.2 Å². The molecular formula is C24H31F3N6O4. The van der Waals surface area contributed by atoms with Crippen molar-refractivity contribution in [1.82, 2.24) is 14.5 Å². The number of aromatic nitrogens is 2. The number of aliphatic hydroxyl groups excluding tert-OH is 1. The van der Waals surface area contributed by atoms with Crippen molar-refractivity contribution in [2.75, 3.05) is 68.6 Å². The van der Waals surface area contributed by atoms with Gasteiger partial charge >= 0.3 is 6.18 Å². The molecule has 0 bridgehead atoms. The Morgan fingerprint density at radius 2 is 1.97 bits per heavy atom. The fourth-order valence-electron chi connectivity index (χ4n) is 4.56. The van der Waals surface area contributed by atoms with E-state index in [-0.39, 0.29) is 37.2 Å². The summed E-state index contributed by atoms with van der Waals surface area (Å²) >= 11 is 0. The average molecular weight is 525 g/mol. The number of rotatable bonds is 7. The third kappa shape index (κ3) is 6.40. The minimum Gasteiger partial charge on any atom is -0.387 e. The van der Waals surface area contributed by atoms with Crippen LogP contribution in [0.1, 0.15) is 18.1 Å². The monoisotopic (exact) mass is 524 g/mol. The number of hydrogen-bond donors (Lipinski definition) is 2. The highest BCUT2D eigenvalue weighted by Crippen LogP contribution is 2.35. The van der Waals surface area contributed by atoms with Gasteiger partial charge in [0.15, 0.2) is 0 Å². The van der Waals surface area contributed by atoms with Gasteiger partial charge in [-0.1, -0.05) is 12.1 Å². The van der Waals surface area contributed by atoms with E-state index in [1.807, 2.05) is 0 Å². The van der Waals surface area contributed by atoms with E-state index in [2.05, 4.69) is 10.3 Å². The van der Waals surface area contributed by atoms with Gasteiger partial charge in [0, 0.05) is 31.4 Å². The number of ether oxygens (including phenoxy) is 1. The summed E-state index contributed by atoms with van der Waals surface area (Å²) in [4.78, 5) is 33.9. The molecule has 3 heterocycles. The van der Waals surface area contributed by atoms with Gasteiger partial charge < -0.3 is 29.9 Å². The second kappa shape index (κ2) is 11.1. The van der Waals surface area contributed by atoms with E-state index in [9.17, 15) is 27.9 Å². The summed E-state index contributed by atoms with van der Waals surface area (Å²) < 4.78 is 48.8. The lowest BCUT2D eigenvalue weighted by Gasteiger charge is -2.40. The van der Waals surface area contributed by atoms with Crippen LogP contribution >= 0.6 is 0 Å². The summed E-state index contributed by atoms with van der Waals surface area (Å²) in [5.41, 5.74) is 0.295. The zero-order valence-electron chi connectivity index (χ0n) is 20.7. The van der Waals surface area contributed by atoms with Gasteiger partial charge in [0.2, 0.25) is 11.9 Å². The lowest BCUT2D eigenvalue weighted by atomic mass is 10.0. The van der Waals surface area contributed by atoms with Gasteiger partial charge in [0.05, 0.1) is 32.4 Å². The molecule has 2 atom stereocenters. The standard InChI is InChI=1S/C24H31F3N6O4/c1-30(2)15-21(35)28-17-5-3-4-16(12-17)18(34)14-33-19(24(25,26)27)6-7-32-22(36)13-20(29-23(32)33)31-8-10-37-11-9-31/h3-5,12-13,18-19,34H,6-11,14-15H2,1-2H3,(H,28,35)/t18-,19?/m1/s1. The van der Waals surface area contributed by atoms with Crippen LogP contribution in [0.15, 0.2) is 35.1 Å². The quantitative estimate of drug-likeness (QED) is 0.561. The van der Waals surface area contributed by atoms with Crippen LogP contribution in [0.5, 0.6) is 0 Å². The van der Waals surface area contributed by atoms with Gasteiger partial charge in [0.1, 0.15) is 11.9 Å². The number of anilines is 3. The molecule has 0 saturated carbocycles. The highest BCUT2D eigenvalue weighted by atomic mass is 19.4. The average Bonchev–Trinajstić information content (AvgIpc) is 2.83. The topological polar surface area (TPSA) is 103 Å². The van der Waals surface area contributed by atoms with Crippen LogP contribution in [0.4, 0.5) is 30.6 Å². The molecule has 4 rings (SSSR count). The third-order valence-electron chi connectivity index (χ3n) is 6.33. The smallest absolute Gasteiger partial charge is 0.387 e. The first-order valence-electron chi connectivity index (χ1n) is 12.0. The van der Waals surface area contributed by atoms with Gasteiger partial charge in [-0.15, -0.1) is 0 Å². The van der Waals surface area contributed by atoms with Crippen molar-refractivity contribution < 1.29 is 27.8 Å². The van der Waals surface area contributed by atoms with E-state index in [0.717, 1.165) is 4.90 Å². The summed E-state index contributed by atoms with van der Waals surface area (Å²) in [7, 11) is 3.49. The maximum Gasteiger partial charge on any atom is 0.408 e. The third-order valence-corrected chi connectivity index (χ3v) is 6.33. The number of aliphatic hydroxyl groups is 1. The largest absolute Gasteiger partial charge is 0.408 e. The van der Waals surface area contributed by atoms with E-state index in [1.54, 1.807) is 42.1 Å². The second-order valence-electron chi connectivity index (χ2n) is 9.43. The van der Waals surface area contributed by atoms with Crippen LogP contribution in [0.3, 0.4) is 0 Å². The fraction of sp³-hybridized carbons (Fsp3) is 0.542. The zero-order chi connectivity index (χ0) is 26.7. The minimum atomic E-state index is -4.60. The summed E-state index contributed by atoms with van der Waals surface area (Å²) in [6.07, 6.45) is -6.28. The summed E-state index contributed by atoms with van der Waals surface area (Å²) in [5.74, 6) is -0.109. The van der Waals surface area contributed by atoms with E-state index < -0.39 is 30.4 Å². The molecule has 13 heteroatoms. The number of halogens is 3. The highest BCUT2D eigenvalue weighted by molar-refractivity contribution is 5.92. The first-order valence-corrected chi connectivity index (χ1v) is 12.0. The van der Waals surface area contributed by atoms with E-state index in [0.29, 0.717) is 37.6 Å². The number of nitrogens with one attached hydrogen (secondary N) is 1. The maximum atomic E-state index is 14.1. The number of carbonyl (C=O) groups is 1. The number of hydrogen-bond acceptors (Lipinski definition) is 8. The number of nitrogens with zero attached hydrogens (tertiary/aromatic N) is 5. The molecule has 0 radical (unpaired) electrons. The number of carbonyl (C=O) groups excluding carboxylic acids is 1. The number of β-amino-alcohol motifs (C(OH)–C–C–N with tert-alkyl or cyclic N) is 1. The molecule has 2 aliphatic heterocycles. The van der Waals surface area contributed by atoms with Gasteiger partial charge in [0.25, 0.3) is 5.56 Å². The van der Waals surface area contributed by atoms with Crippen molar-refractivity contribution in [3.05, 3.63) is 46.2 Å². The second-order valence-corrected chi connectivity index (χ2v) is 9.43. The number of alkyl halides is 3. The summed E-state index contributed by atoms with van der Waals surface area (Å²) in [6, 6.07) is 5.75. The van der Waals surface area contributed by atoms with E-state index >= 15 is 0 Å². The Balaban J connectivity index is 1.64. The van der Waals surface area contributed by atoms with Crippen molar-refractivity contribution in [3.63, 3.8) is 0 Å². The normalized spacial score (nSPS) is 19.1. The molecule has 1 fully saturated rings. The Morgan fingerprint density at radius 3 is 2.65 bits per heavy atom. The van der Waals surface area contributed by atoms with Crippen molar-refractivity contribution in [2.24, 2.45) is 0 Å². The van der Waals surface area contributed by atoms with E-state index in [4.69, 9.17) is 4.74 Å². The van der Waals surface area contributed by atoms with Crippen LogP contribution < -0.4 is 20.7 Å². The molecule has 2 aliphatic rings. The molecule has 1 unspecified atom stereocenters. The van der Waals surface area contributed by atoms with Crippen molar-refractivity contribution in [2.45, 2.75) is 31.3 Å². The fourth-order valence-corrected chi connectivity index (χ4v) is 4.56. The Labute approximate surface area is 212 Å². The SMILES string of the molecule is CN(C)CC(=O)Nc1cccc([C@H](O)CN2c3nc(N4CCOCC4)cc(=O)n3CCC2C(F)(F)F)c1. The van der Waals surface area contributed by atoms with Gasteiger partial charge in [-0.25, -0.2) is 0 Å². The predicted octanol–water partition coefficient (Wildman–Crippen LogP) is 1.45. The Kier molecular flexibility index (Phi) is 8.05. The van der Waals surface area contributed by atoms with Crippen molar-refractivity contribution in [3.8, 4) is 0 Å². The molecule has 2 N–H and O–H groups in total. The molecule has 37 heavy (non-hydrogen) atoms. The first kappa shape index (κ1) is 26.9. The Morgan fingerprint density at radius 1 is 1.24 bits per heavy atom. The van der Waals surface area contributed by atoms with Crippen LogP contribution in [0.25, 0.3) is 0 Å². The Hall–Kier alpha value is -3.16. The zero-order valence-corrected chi connectivity index (χ0v) is 20.7. The van der Waals surface area contributed by atoms with Gasteiger partial charge in [-0.3, -0.25) is 14.2 Å². The Bertz CT molecular complexity index is 1170. The minimum absolute atomic E-state index is 0.128. The van der Waals surface area contributed by atoms with Crippen molar-refractivity contribution >= 4 is 23.4 Å². The lowest BCUT2D eigenvalue weighted by molar-refractivity contribution is -0.153. The number of fused-ring (bicyclic) bond motifs is 1. The number of morpholine rings is 1. The van der Waals surface area contributed by atoms with Crippen molar-refractivity contribution in [1.29, 1.82) is 0 Å². The number of benzene rings is 1. The summed E-state index contributed by atoms with van der Waals surface area (Å²) in [5, 5.41) is 13.7. The molecule has 1 aromatic heterocycles. The van der Waals surface area contributed by atoms with Crippen LogP contribution in [0, 0.1) is 0 Å². The molecule has 202 valence electrons. The van der Waals surface area contributed by atoms with Crippen LogP contribution in [0.2, 0.25) is 0 Å². The highest BCUT2D eigenvalue weighted by Gasteiger charge is 2.47. The molecule has 1 aromatic carbocycles. The summed E-state index contributed by atoms with van der Waals surface area (Å²) in [6.45, 7) is 1.36. The molecule has 1 amide bonds. The molecule has 0 spiro atoms.